The summed E-state index contributed by atoms with van der Waals surface area (Å²) in [6, 6.07) is 9.02. The molecular formula is C14H19N3O2. The van der Waals surface area contributed by atoms with E-state index < -0.39 is 0 Å². The molecule has 1 aromatic carbocycles. The van der Waals surface area contributed by atoms with Crippen LogP contribution in [0.2, 0.25) is 0 Å². The zero-order valence-corrected chi connectivity index (χ0v) is 11.3. The second-order valence-electron chi connectivity index (χ2n) is 4.18. The van der Waals surface area contributed by atoms with E-state index in [1.807, 2.05) is 18.9 Å². The van der Waals surface area contributed by atoms with Crippen molar-refractivity contribution in [3.63, 3.8) is 0 Å². The number of nitrogens with zero attached hydrogens (tertiary/aromatic N) is 2. The topological polar surface area (TPSA) is 65.4 Å². The Kier molecular flexibility index (Phi) is 6.41. The van der Waals surface area contributed by atoms with Crippen molar-refractivity contribution in [2.45, 2.75) is 6.92 Å². The average molecular weight is 261 g/mol. The minimum absolute atomic E-state index is 0.0170. The smallest absolute Gasteiger partial charge is 0.234 e. The van der Waals surface area contributed by atoms with E-state index in [4.69, 9.17) is 10.00 Å². The molecule has 0 aliphatic rings. The van der Waals surface area contributed by atoms with Crippen LogP contribution in [0.25, 0.3) is 0 Å². The largest absolute Gasteiger partial charge is 0.492 e. The summed E-state index contributed by atoms with van der Waals surface area (Å²) in [5.41, 5.74) is 0.612. The number of nitrogens with one attached hydrogen (secondary N) is 1. The van der Waals surface area contributed by atoms with E-state index in [9.17, 15) is 4.79 Å². The highest BCUT2D eigenvalue weighted by Gasteiger charge is 2.05. The minimum Gasteiger partial charge on any atom is -0.492 e. The lowest BCUT2D eigenvalue weighted by Crippen LogP contribution is -2.36. The first kappa shape index (κ1) is 15.0. The molecule has 0 saturated carbocycles. The van der Waals surface area contributed by atoms with Crippen LogP contribution in [0.3, 0.4) is 0 Å². The second kappa shape index (κ2) is 8.11. The number of carbonyl (C=O) groups is 1. The van der Waals surface area contributed by atoms with Gasteiger partial charge >= 0.3 is 0 Å². The Morgan fingerprint density at radius 1 is 1.42 bits per heavy atom. The molecule has 1 aromatic rings. The highest BCUT2D eigenvalue weighted by molar-refractivity contribution is 5.77. The van der Waals surface area contributed by atoms with Crippen LogP contribution >= 0.6 is 0 Å². The molecule has 102 valence electrons. The first-order valence-electron chi connectivity index (χ1n) is 6.24. The third kappa shape index (κ3) is 5.89. The lowest BCUT2D eigenvalue weighted by Gasteiger charge is -2.16. The number of rotatable bonds is 7. The molecule has 5 nitrogen and oxygen atoms in total. The Morgan fingerprint density at radius 3 is 2.68 bits per heavy atom. The van der Waals surface area contributed by atoms with Gasteiger partial charge in [-0.1, -0.05) is 0 Å². The second-order valence-corrected chi connectivity index (χ2v) is 4.18. The summed E-state index contributed by atoms with van der Waals surface area (Å²) in [4.78, 5) is 13.2. The van der Waals surface area contributed by atoms with E-state index in [1.165, 1.54) is 0 Å². The van der Waals surface area contributed by atoms with Crippen LogP contribution in [0.4, 0.5) is 0 Å². The van der Waals surface area contributed by atoms with Gasteiger partial charge in [-0.25, -0.2) is 0 Å². The summed E-state index contributed by atoms with van der Waals surface area (Å²) in [6.07, 6.45) is 0. The lowest BCUT2D eigenvalue weighted by atomic mass is 10.2. The Morgan fingerprint density at radius 2 is 2.11 bits per heavy atom. The molecule has 0 spiro atoms. The standard InChI is InChI=1S/C14H19N3O2/c1-3-16-14(18)11-17(2)8-9-19-13-6-4-12(10-15)5-7-13/h4-7H,3,8-9,11H2,1-2H3,(H,16,18). The molecule has 0 heterocycles. The fourth-order valence-electron chi connectivity index (χ4n) is 1.52. The van der Waals surface area contributed by atoms with Crippen molar-refractivity contribution < 1.29 is 9.53 Å². The molecule has 5 heteroatoms. The third-order valence-corrected chi connectivity index (χ3v) is 2.51. The SMILES string of the molecule is CCNC(=O)CN(C)CCOc1ccc(C#N)cc1. The number of likely N-dealkylation sites (N-methyl/N-ethyl adjacent to an activating group) is 2. The molecule has 0 radical (unpaired) electrons. The molecule has 0 aliphatic heterocycles. The zero-order chi connectivity index (χ0) is 14.1. The number of carbonyl (C=O) groups excluding carboxylic acids is 1. The highest BCUT2D eigenvalue weighted by atomic mass is 16.5. The maximum absolute atomic E-state index is 11.3. The molecule has 0 atom stereocenters. The zero-order valence-electron chi connectivity index (χ0n) is 11.3. The van der Waals surface area contributed by atoms with Gasteiger partial charge in [0.25, 0.3) is 0 Å². The van der Waals surface area contributed by atoms with Crippen molar-refractivity contribution in [3.8, 4) is 11.8 Å². The van der Waals surface area contributed by atoms with Crippen molar-refractivity contribution in [3.05, 3.63) is 29.8 Å². The van der Waals surface area contributed by atoms with E-state index in [0.29, 0.717) is 31.8 Å². The molecule has 1 N–H and O–H groups in total. The Balaban J connectivity index is 2.25. The van der Waals surface area contributed by atoms with Crippen molar-refractivity contribution in [1.82, 2.24) is 10.2 Å². The molecule has 0 aliphatic carbocycles. The van der Waals surface area contributed by atoms with Crippen molar-refractivity contribution in [1.29, 1.82) is 5.26 Å². The van der Waals surface area contributed by atoms with Crippen molar-refractivity contribution >= 4 is 5.91 Å². The first-order valence-corrected chi connectivity index (χ1v) is 6.24. The number of hydrogen-bond donors (Lipinski definition) is 1. The number of amides is 1. The van der Waals surface area contributed by atoms with Crippen LogP contribution in [0.15, 0.2) is 24.3 Å². The number of nitriles is 1. The minimum atomic E-state index is 0.0170. The monoisotopic (exact) mass is 261 g/mol. The number of benzene rings is 1. The molecule has 0 fully saturated rings. The molecular weight excluding hydrogens is 242 g/mol. The van der Waals surface area contributed by atoms with Gasteiger partial charge in [0.1, 0.15) is 12.4 Å². The van der Waals surface area contributed by atoms with Crippen LogP contribution in [0.1, 0.15) is 12.5 Å². The van der Waals surface area contributed by atoms with Crippen molar-refractivity contribution in [2.75, 3.05) is 33.3 Å². The van der Waals surface area contributed by atoms with E-state index >= 15 is 0 Å². The fraction of sp³-hybridized carbons (Fsp3) is 0.429. The number of hydrogen-bond acceptors (Lipinski definition) is 4. The Bertz CT molecular complexity index is 437. The van der Waals surface area contributed by atoms with Gasteiger partial charge in [0.2, 0.25) is 5.91 Å². The fourth-order valence-corrected chi connectivity index (χ4v) is 1.52. The van der Waals surface area contributed by atoms with Crippen molar-refractivity contribution in [2.24, 2.45) is 0 Å². The van der Waals surface area contributed by atoms with E-state index in [2.05, 4.69) is 11.4 Å². The van der Waals surface area contributed by atoms with Gasteiger partial charge in [-0.15, -0.1) is 0 Å². The molecule has 0 saturated heterocycles. The molecule has 0 unspecified atom stereocenters. The van der Waals surface area contributed by atoms with E-state index in [1.54, 1.807) is 24.3 Å². The lowest BCUT2D eigenvalue weighted by molar-refractivity contribution is -0.121. The van der Waals surface area contributed by atoms with Gasteiger partial charge in [0.05, 0.1) is 18.2 Å². The van der Waals surface area contributed by atoms with Crippen LogP contribution in [-0.2, 0) is 4.79 Å². The summed E-state index contributed by atoms with van der Waals surface area (Å²) < 4.78 is 5.53. The number of ether oxygens (including phenoxy) is 1. The molecule has 19 heavy (non-hydrogen) atoms. The first-order chi connectivity index (χ1) is 9.15. The predicted molar refractivity (Wildman–Crippen MR) is 72.8 cm³/mol. The predicted octanol–water partition coefficient (Wildman–Crippen LogP) is 1.00. The molecule has 0 aromatic heterocycles. The van der Waals surface area contributed by atoms with Crippen LogP contribution in [-0.4, -0.2) is 44.1 Å². The Labute approximate surface area is 113 Å². The summed E-state index contributed by atoms with van der Waals surface area (Å²) in [5.74, 6) is 0.744. The van der Waals surface area contributed by atoms with Gasteiger partial charge in [0.15, 0.2) is 0 Å². The van der Waals surface area contributed by atoms with Crippen LogP contribution < -0.4 is 10.1 Å². The van der Waals surface area contributed by atoms with Crippen LogP contribution in [0.5, 0.6) is 5.75 Å². The highest BCUT2D eigenvalue weighted by Crippen LogP contribution is 2.11. The summed E-state index contributed by atoms with van der Waals surface area (Å²) in [7, 11) is 1.87. The maximum Gasteiger partial charge on any atom is 0.234 e. The van der Waals surface area contributed by atoms with Gasteiger partial charge < -0.3 is 10.1 Å². The normalized spacial score (nSPS) is 10.0. The molecule has 1 rings (SSSR count). The van der Waals surface area contributed by atoms with E-state index in [-0.39, 0.29) is 5.91 Å². The quantitative estimate of drug-likeness (QED) is 0.795. The molecule has 0 bridgehead atoms. The van der Waals surface area contributed by atoms with E-state index in [0.717, 1.165) is 5.75 Å². The summed E-state index contributed by atoms with van der Waals surface area (Å²) in [6.45, 7) is 4.07. The van der Waals surface area contributed by atoms with Crippen LogP contribution in [0, 0.1) is 11.3 Å². The van der Waals surface area contributed by atoms with Gasteiger partial charge in [0, 0.05) is 13.1 Å². The molecule has 1 amide bonds. The van der Waals surface area contributed by atoms with Gasteiger partial charge in [-0.3, -0.25) is 9.69 Å². The third-order valence-electron chi connectivity index (χ3n) is 2.51. The Hall–Kier alpha value is -2.06. The van der Waals surface area contributed by atoms with Gasteiger partial charge in [-0.2, -0.15) is 5.26 Å². The summed E-state index contributed by atoms with van der Waals surface area (Å²) in [5, 5.41) is 11.4. The average Bonchev–Trinajstić information content (AvgIpc) is 2.39. The van der Waals surface area contributed by atoms with Gasteiger partial charge in [-0.05, 0) is 38.2 Å². The summed E-state index contributed by atoms with van der Waals surface area (Å²) >= 11 is 0. The maximum atomic E-state index is 11.3.